The van der Waals surface area contributed by atoms with Gasteiger partial charge in [0.05, 0.1) is 12.5 Å². The van der Waals surface area contributed by atoms with E-state index in [1.165, 1.54) is 19.2 Å². The molecule has 0 saturated heterocycles. The lowest BCUT2D eigenvalue weighted by Crippen LogP contribution is -2.22. The Balaban J connectivity index is 2.69. The van der Waals surface area contributed by atoms with Crippen molar-refractivity contribution in [3.05, 3.63) is 24.3 Å². The highest BCUT2D eigenvalue weighted by Gasteiger charge is 2.18. The Bertz CT molecular complexity index is 444. The van der Waals surface area contributed by atoms with E-state index < -0.39 is 15.5 Å². The molecule has 1 rings (SSSR count). The molecular formula is C10H12Cl2O4S. The van der Waals surface area contributed by atoms with E-state index in [1.54, 1.807) is 12.1 Å². The molecule has 1 aromatic carbocycles. The Labute approximate surface area is 111 Å². The van der Waals surface area contributed by atoms with Crippen LogP contribution in [0.15, 0.2) is 24.3 Å². The zero-order chi connectivity index (χ0) is 12.9. The maximum atomic E-state index is 11.5. The van der Waals surface area contributed by atoms with Gasteiger partial charge in [-0.05, 0) is 24.3 Å². The first-order chi connectivity index (χ1) is 7.96. The van der Waals surface area contributed by atoms with Crippen LogP contribution in [-0.2, 0) is 10.1 Å². The van der Waals surface area contributed by atoms with Crippen molar-refractivity contribution in [2.24, 2.45) is 0 Å². The minimum absolute atomic E-state index is 0.0484. The van der Waals surface area contributed by atoms with Gasteiger partial charge < -0.3 is 8.92 Å². The van der Waals surface area contributed by atoms with E-state index in [9.17, 15) is 8.42 Å². The summed E-state index contributed by atoms with van der Waals surface area (Å²) in [5, 5.41) is -0.667. The van der Waals surface area contributed by atoms with Crippen LogP contribution < -0.4 is 8.92 Å². The molecule has 7 heteroatoms. The average molecular weight is 299 g/mol. The number of hydrogen-bond acceptors (Lipinski definition) is 4. The lowest BCUT2D eigenvalue weighted by atomic mass is 10.3. The van der Waals surface area contributed by atoms with E-state index in [2.05, 4.69) is 0 Å². The topological polar surface area (TPSA) is 52.6 Å². The smallest absolute Gasteiger partial charge is 0.310 e. The van der Waals surface area contributed by atoms with Gasteiger partial charge in [0.1, 0.15) is 17.3 Å². The Hall–Kier alpha value is -0.650. The maximum Gasteiger partial charge on any atom is 0.310 e. The van der Waals surface area contributed by atoms with Crippen LogP contribution in [0.25, 0.3) is 0 Å². The van der Waals surface area contributed by atoms with Crippen LogP contribution in [0.4, 0.5) is 0 Å². The maximum absolute atomic E-state index is 11.5. The number of benzene rings is 1. The fraction of sp³-hybridized carbons (Fsp3) is 0.400. The number of hydrogen-bond donors (Lipinski definition) is 0. The van der Waals surface area contributed by atoms with Crippen molar-refractivity contribution in [1.82, 2.24) is 0 Å². The van der Waals surface area contributed by atoms with Gasteiger partial charge >= 0.3 is 10.1 Å². The lowest BCUT2D eigenvalue weighted by molar-refractivity contribution is 0.413. The predicted molar refractivity (Wildman–Crippen MR) is 67.8 cm³/mol. The molecule has 1 aromatic rings. The summed E-state index contributed by atoms with van der Waals surface area (Å²) in [6.45, 7) is 0. The minimum Gasteiger partial charge on any atom is -0.497 e. The molecule has 0 spiro atoms. The molecule has 0 aliphatic rings. The van der Waals surface area contributed by atoms with Gasteiger partial charge in [-0.3, -0.25) is 0 Å². The standard InChI is InChI=1S/C10H12Cl2O4S/c1-15-9-2-4-10(5-3-9)16-17(13,14)7-8(12)6-11/h2-5,8H,6-7H2,1H3. The van der Waals surface area contributed by atoms with Crippen molar-refractivity contribution in [1.29, 1.82) is 0 Å². The Morgan fingerprint density at radius 1 is 1.24 bits per heavy atom. The summed E-state index contributed by atoms with van der Waals surface area (Å²) in [5.41, 5.74) is 0. The normalized spacial score (nSPS) is 13.1. The lowest BCUT2D eigenvalue weighted by Gasteiger charge is -2.09. The van der Waals surface area contributed by atoms with Crippen molar-refractivity contribution in [2.45, 2.75) is 5.38 Å². The van der Waals surface area contributed by atoms with Crippen molar-refractivity contribution in [2.75, 3.05) is 18.7 Å². The molecule has 0 heterocycles. The third-order valence-electron chi connectivity index (χ3n) is 1.84. The minimum atomic E-state index is -3.72. The van der Waals surface area contributed by atoms with Gasteiger partial charge in [0.2, 0.25) is 0 Å². The zero-order valence-electron chi connectivity index (χ0n) is 9.10. The molecule has 0 N–H and O–H groups in total. The molecule has 0 bridgehead atoms. The van der Waals surface area contributed by atoms with Crippen molar-refractivity contribution in [3.8, 4) is 11.5 Å². The van der Waals surface area contributed by atoms with Gasteiger partial charge in [0.15, 0.2) is 0 Å². The molecule has 17 heavy (non-hydrogen) atoms. The first-order valence-electron chi connectivity index (χ1n) is 4.73. The third-order valence-corrected chi connectivity index (χ3v) is 4.11. The Morgan fingerprint density at radius 3 is 2.24 bits per heavy atom. The van der Waals surface area contributed by atoms with E-state index in [-0.39, 0.29) is 17.4 Å². The van der Waals surface area contributed by atoms with Crippen LogP contribution >= 0.6 is 23.2 Å². The van der Waals surface area contributed by atoms with Crippen LogP contribution in [0.2, 0.25) is 0 Å². The van der Waals surface area contributed by atoms with Gasteiger partial charge in [-0.25, -0.2) is 0 Å². The van der Waals surface area contributed by atoms with Crippen molar-refractivity contribution in [3.63, 3.8) is 0 Å². The monoisotopic (exact) mass is 298 g/mol. The second-order valence-electron chi connectivity index (χ2n) is 3.23. The van der Waals surface area contributed by atoms with Gasteiger partial charge in [-0.1, -0.05) is 0 Å². The number of methoxy groups -OCH3 is 1. The van der Waals surface area contributed by atoms with Crippen LogP contribution in [0.5, 0.6) is 11.5 Å². The summed E-state index contributed by atoms with van der Waals surface area (Å²) in [6.07, 6.45) is 0. The number of ether oxygens (including phenoxy) is 1. The van der Waals surface area contributed by atoms with Gasteiger partial charge in [0, 0.05) is 5.88 Å². The fourth-order valence-electron chi connectivity index (χ4n) is 1.08. The molecule has 0 aliphatic carbocycles. The summed E-state index contributed by atoms with van der Waals surface area (Å²) >= 11 is 11.1. The molecule has 0 amide bonds. The van der Waals surface area contributed by atoms with Crippen molar-refractivity contribution >= 4 is 33.3 Å². The Kier molecular flexibility index (Phi) is 5.36. The van der Waals surface area contributed by atoms with E-state index in [4.69, 9.17) is 32.1 Å². The van der Waals surface area contributed by atoms with Gasteiger partial charge in [0.25, 0.3) is 0 Å². The first-order valence-corrected chi connectivity index (χ1v) is 7.28. The summed E-state index contributed by atoms with van der Waals surface area (Å²) in [7, 11) is -2.20. The summed E-state index contributed by atoms with van der Waals surface area (Å²) in [4.78, 5) is 0. The van der Waals surface area contributed by atoms with E-state index in [0.717, 1.165) is 0 Å². The summed E-state index contributed by atoms with van der Waals surface area (Å²) in [6, 6.07) is 6.20. The average Bonchev–Trinajstić information content (AvgIpc) is 2.28. The predicted octanol–water partition coefficient (Wildman–Crippen LogP) is 2.25. The highest BCUT2D eigenvalue weighted by molar-refractivity contribution is 7.87. The molecule has 1 unspecified atom stereocenters. The SMILES string of the molecule is COc1ccc(OS(=O)(=O)CC(Cl)CCl)cc1. The van der Waals surface area contributed by atoms with E-state index in [1.807, 2.05) is 0 Å². The highest BCUT2D eigenvalue weighted by atomic mass is 35.5. The fourth-order valence-corrected chi connectivity index (χ4v) is 2.81. The second-order valence-corrected chi connectivity index (χ2v) is 5.78. The quantitative estimate of drug-likeness (QED) is 0.597. The van der Waals surface area contributed by atoms with Gasteiger partial charge in [-0.15, -0.1) is 23.2 Å². The van der Waals surface area contributed by atoms with Crippen LogP contribution in [0, 0.1) is 0 Å². The van der Waals surface area contributed by atoms with Crippen LogP contribution in [0.1, 0.15) is 0 Å². The molecule has 0 fully saturated rings. The van der Waals surface area contributed by atoms with Crippen LogP contribution in [0.3, 0.4) is 0 Å². The number of alkyl halides is 2. The highest BCUT2D eigenvalue weighted by Crippen LogP contribution is 2.19. The second kappa shape index (κ2) is 6.33. The van der Waals surface area contributed by atoms with Crippen LogP contribution in [-0.4, -0.2) is 32.5 Å². The molecule has 0 aliphatic heterocycles. The zero-order valence-corrected chi connectivity index (χ0v) is 11.4. The summed E-state index contributed by atoms with van der Waals surface area (Å²) < 4.78 is 32.8. The van der Waals surface area contributed by atoms with Gasteiger partial charge in [-0.2, -0.15) is 8.42 Å². The molecule has 0 saturated carbocycles. The molecule has 1 atom stereocenters. The summed E-state index contributed by atoms with van der Waals surface area (Å²) in [5.74, 6) is 0.548. The number of rotatable bonds is 6. The largest absolute Gasteiger partial charge is 0.497 e. The Morgan fingerprint density at radius 2 is 1.76 bits per heavy atom. The molecular weight excluding hydrogens is 287 g/mol. The molecule has 4 nitrogen and oxygen atoms in total. The molecule has 0 radical (unpaired) electrons. The molecule has 96 valence electrons. The first kappa shape index (κ1) is 14.4. The van der Waals surface area contributed by atoms with E-state index in [0.29, 0.717) is 5.75 Å². The third kappa shape index (κ3) is 5.02. The molecule has 0 aromatic heterocycles. The van der Waals surface area contributed by atoms with E-state index >= 15 is 0 Å². The van der Waals surface area contributed by atoms with Crippen molar-refractivity contribution < 1.29 is 17.3 Å². The number of halogens is 2.